The van der Waals surface area contributed by atoms with Gasteiger partial charge in [0.25, 0.3) is 0 Å². The van der Waals surface area contributed by atoms with Gasteiger partial charge in [0.1, 0.15) is 30.4 Å². The van der Waals surface area contributed by atoms with E-state index < -0.39 is 18.3 Å². The first kappa shape index (κ1) is 23.8. The molecule has 2 N–H and O–H groups in total. The fraction of sp³-hybridized carbons (Fsp3) is 0.360. The molecule has 0 bridgehead atoms. The number of hydrogen-bond donors (Lipinski definition) is 2. The van der Waals surface area contributed by atoms with Crippen molar-refractivity contribution in [3.05, 3.63) is 42.7 Å². The van der Waals surface area contributed by atoms with Gasteiger partial charge in [-0.05, 0) is 36.4 Å². The van der Waals surface area contributed by atoms with Crippen molar-refractivity contribution in [3.8, 4) is 11.6 Å². The maximum absolute atomic E-state index is 12.6. The minimum atomic E-state index is -0.731. The first-order chi connectivity index (χ1) is 18.0. The van der Waals surface area contributed by atoms with Crippen LogP contribution in [0.1, 0.15) is 0 Å². The van der Waals surface area contributed by atoms with E-state index in [1.54, 1.807) is 24.1 Å². The highest BCUT2D eigenvalue weighted by Gasteiger charge is 2.39. The molecular weight excluding hydrogens is 498 g/mol. The maximum atomic E-state index is 12.6. The summed E-state index contributed by atoms with van der Waals surface area (Å²) >= 11 is 1.47. The van der Waals surface area contributed by atoms with Crippen molar-refractivity contribution in [1.29, 1.82) is 0 Å². The van der Waals surface area contributed by atoms with E-state index in [4.69, 9.17) is 14.2 Å². The normalized spacial score (nSPS) is 23.6. The molecule has 0 radical (unpaired) electrons. The second-order valence-corrected chi connectivity index (χ2v) is 10.2. The number of cyclic esters (lactones) is 1. The van der Waals surface area contributed by atoms with Gasteiger partial charge in [0.2, 0.25) is 11.8 Å². The van der Waals surface area contributed by atoms with E-state index in [1.807, 2.05) is 29.2 Å². The molecule has 3 aromatic rings. The first-order valence-electron chi connectivity index (χ1n) is 11.9. The Kier molecular flexibility index (Phi) is 6.22. The Morgan fingerprint density at radius 3 is 2.92 bits per heavy atom. The molecule has 12 heteroatoms. The number of anilines is 2. The Labute approximate surface area is 216 Å². The van der Waals surface area contributed by atoms with Crippen LogP contribution in [0.3, 0.4) is 0 Å². The van der Waals surface area contributed by atoms with Crippen LogP contribution in [0.2, 0.25) is 0 Å². The molecule has 2 saturated heterocycles. The third-order valence-electron chi connectivity index (χ3n) is 6.63. The van der Waals surface area contributed by atoms with Gasteiger partial charge < -0.3 is 24.6 Å². The summed E-state index contributed by atoms with van der Waals surface area (Å²) in [5, 5.41) is 14.2. The number of aromatic nitrogens is 2. The summed E-state index contributed by atoms with van der Waals surface area (Å²) in [6.45, 7) is 1.65. The van der Waals surface area contributed by atoms with Crippen molar-refractivity contribution in [2.45, 2.75) is 23.2 Å². The van der Waals surface area contributed by atoms with Crippen molar-refractivity contribution in [2.75, 3.05) is 49.3 Å². The minimum absolute atomic E-state index is 0.0602. The van der Waals surface area contributed by atoms with Gasteiger partial charge in [0.05, 0.1) is 36.0 Å². The fourth-order valence-electron chi connectivity index (χ4n) is 4.83. The van der Waals surface area contributed by atoms with E-state index >= 15 is 0 Å². The van der Waals surface area contributed by atoms with Crippen LogP contribution < -0.4 is 19.7 Å². The molecule has 11 nitrogen and oxygen atoms in total. The molecule has 2 amide bonds. The zero-order chi connectivity index (χ0) is 25.5. The van der Waals surface area contributed by atoms with Crippen molar-refractivity contribution in [3.63, 3.8) is 0 Å². The van der Waals surface area contributed by atoms with Crippen LogP contribution in [0, 0.1) is 0 Å². The molecule has 2 aromatic carbocycles. The monoisotopic (exact) mass is 523 g/mol. The SMILES string of the molecule is COc1ccc2ncnc(O[C@H]3CN(CC4CN(c5ccc6c(c5)NC(=O)CS6)C(=O)O4)C[C@H]3O)c2c1. The van der Waals surface area contributed by atoms with Gasteiger partial charge in [-0.3, -0.25) is 14.6 Å². The largest absolute Gasteiger partial charge is 0.497 e. The van der Waals surface area contributed by atoms with Crippen molar-refractivity contribution in [2.24, 2.45) is 0 Å². The lowest BCUT2D eigenvalue weighted by atomic mass is 10.2. The molecule has 4 heterocycles. The van der Waals surface area contributed by atoms with E-state index in [0.717, 1.165) is 4.90 Å². The molecule has 0 saturated carbocycles. The fourth-order valence-corrected chi connectivity index (χ4v) is 5.62. The molecule has 3 aliphatic rings. The number of likely N-dealkylation sites (tertiary alicyclic amines) is 1. The number of thioether (sulfide) groups is 1. The Morgan fingerprint density at radius 2 is 2.05 bits per heavy atom. The lowest BCUT2D eigenvalue weighted by Crippen LogP contribution is -2.34. The van der Waals surface area contributed by atoms with Gasteiger partial charge in [0.15, 0.2) is 0 Å². The maximum Gasteiger partial charge on any atom is 0.414 e. The number of carbonyl (C=O) groups excluding carboxylic acids is 2. The number of aliphatic hydroxyl groups is 1. The third-order valence-corrected chi connectivity index (χ3v) is 7.70. The zero-order valence-corrected chi connectivity index (χ0v) is 20.8. The summed E-state index contributed by atoms with van der Waals surface area (Å²) in [5.74, 6) is 1.36. The summed E-state index contributed by atoms with van der Waals surface area (Å²) < 4.78 is 17.0. The Morgan fingerprint density at radius 1 is 1.16 bits per heavy atom. The summed E-state index contributed by atoms with van der Waals surface area (Å²) in [6.07, 6.45) is -0.609. The van der Waals surface area contributed by atoms with Crippen LogP contribution in [0.25, 0.3) is 10.9 Å². The second-order valence-electron chi connectivity index (χ2n) is 9.14. The topological polar surface area (TPSA) is 126 Å². The molecule has 37 heavy (non-hydrogen) atoms. The predicted octanol–water partition coefficient (Wildman–Crippen LogP) is 2.13. The van der Waals surface area contributed by atoms with E-state index in [0.29, 0.717) is 65.8 Å². The number of rotatable bonds is 6. The number of amides is 2. The molecule has 1 unspecified atom stereocenters. The van der Waals surface area contributed by atoms with Crippen LogP contribution in [-0.4, -0.2) is 89.3 Å². The first-order valence-corrected chi connectivity index (χ1v) is 12.9. The van der Waals surface area contributed by atoms with Crippen molar-refractivity contribution < 1.29 is 28.9 Å². The standard InChI is InChI=1S/C25H25N5O6S/c1-34-15-3-4-18-17(7-15)24(27-13-26-18)36-21-11-29(10-20(21)31)8-16-9-30(25(33)35-16)14-2-5-22-19(6-14)28-23(32)12-37-22/h2-7,13,16,20-21,31H,8-12H2,1H3,(H,28,32)/t16?,20-,21+/m1/s1. The van der Waals surface area contributed by atoms with E-state index in [-0.39, 0.29) is 12.0 Å². The summed E-state index contributed by atoms with van der Waals surface area (Å²) in [7, 11) is 1.59. The number of methoxy groups -OCH3 is 1. The molecule has 0 aliphatic carbocycles. The molecule has 192 valence electrons. The second kappa shape index (κ2) is 9.69. The molecule has 2 fully saturated rings. The number of benzene rings is 2. The van der Waals surface area contributed by atoms with Gasteiger partial charge in [-0.1, -0.05) is 0 Å². The van der Waals surface area contributed by atoms with E-state index in [1.165, 1.54) is 18.1 Å². The average Bonchev–Trinajstić information content (AvgIpc) is 3.44. The highest BCUT2D eigenvalue weighted by Crippen LogP contribution is 2.36. The smallest absolute Gasteiger partial charge is 0.414 e. The lowest BCUT2D eigenvalue weighted by Gasteiger charge is -2.20. The van der Waals surface area contributed by atoms with Crippen molar-refractivity contribution >= 4 is 46.0 Å². The number of nitrogens with zero attached hydrogens (tertiary/aromatic N) is 4. The summed E-state index contributed by atoms with van der Waals surface area (Å²) in [5.41, 5.74) is 2.09. The quantitative estimate of drug-likeness (QED) is 0.496. The number of carbonyl (C=O) groups is 2. The molecule has 3 aliphatic heterocycles. The van der Waals surface area contributed by atoms with Gasteiger partial charge in [-0.15, -0.1) is 11.8 Å². The summed E-state index contributed by atoms with van der Waals surface area (Å²) in [4.78, 5) is 37.5. The number of hydrogen-bond acceptors (Lipinski definition) is 10. The van der Waals surface area contributed by atoms with Gasteiger partial charge in [0, 0.05) is 30.2 Å². The summed E-state index contributed by atoms with van der Waals surface area (Å²) in [6, 6.07) is 11.0. The van der Waals surface area contributed by atoms with Crippen LogP contribution in [0.4, 0.5) is 16.2 Å². The number of β-amino-alcohol motifs (C(OH)–C–C–N with tert-alkyl or cyclic N) is 1. The molecule has 0 spiro atoms. The highest BCUT2D eigenvalue weighted by molar-refractivity contribution is 8.00. The highest BCUT2D eigenvalue weighted by atomic mass is 32.2. The molecule has 6 rings (SSSR count). The van der Waals surface area contributed by atoms with Gasteiger partial charge >= 0.3 is 6.09 Å². The molecule has 3 atom stereocenters. The number of ether oxygens (including phenoxy) is 3. The van der Waals surface area contributed by atoms with Crippen LogP contribution in [0.5, 0.6) is 11.6 Å². The number of fused-ring (bicyclic) bond motifs is 2. The van der Waals surface area contributed by atoms with Gasteiger partial charge in [-0.25, -0.2) is 14.8 Å². The predicted molar refractivity (Wildman–Crippen MR) is 136 cm³/mol. The third kappa shape index (κ3) is 4.75. The van der Waals surface area contributed by atoms with Crippen molar-refractivity contribution in [1.82, 2.24) is 14.9 Å². The molecule has 1 aromatic heterocycles. The Balaban J connectivity index is 1.10. The van der Waals surface area contributed by atoms with E-state index in [2.05, 4.69) is 15.3 Å². The van der Waals surface area contributed by atoms with E-state index in [9.17, 15) is 14.7 Å². The molecular formula is C25H25N5O6S. The number of nitrogens with one attached hydrogen (secondary N) is 1. The average molecular weight is 524 g/mol. The minimum Gasteiger partial charge on any atom is -0.497 e. The Bertz CT molecular complexity index is 1370. The zero-order valence-electron chi connectivity index (χ0n) is 20.0. The Hall–Kier alpha value is -3.61. The number of aliphatic hydroxyl groups excluding tert-OH is 1. The van der Waals surface area contributed by atoms with Crippen LogP contribution in [0.15, 0.2) is 47.6 Å². The van der Waals surface area contributed by atoms with Crippen LogP contribution in [-0.2, 0) is 9.53 Å². The lowest BCUT2D eigenvalue weighted by molar-refractivity contribution is -0.113. The van der Waals surface area contributed by atoms with Gasteiger partial charge in [-0.2, -0.15) is 0 Å². The van der Waals surface area contributed by atoms with Crippen LogP contribution >= 0.6 is 11.8 Å².